The van der Waals surface area contributed by atoms with Crippen LogP contribution in [0.5, 0.6) is 0 Å². The molecule has 2 aliphatic rings. The number of nitrogens with zero attached hydrogens (tertiary/aromatic N) is 1. The topological polar surface area (TPSA) is 41.5 Å². The first-order valence-corrected chi connectivity index (χ1v) is 5.41. The number of hydrogen-bond donors (Lipinski definition) is 1. The number of allylic oxidation sites excluding steroid dienone is 4. The minimum atomic E-state index is 0.277. The molecule has 2 rings (SSSR count). The molecule has 2 aliphatic carbocycles. The van der Waals surface area contributed by atoms with Gasteiger partial charge in [0.15, 0.2) is 5.78 Å². The van der Waals surface area contributed by atoms with E-state index in [0.717, 1.165) is 31.5 Å². The van der Waals surface area contributed by atoms with Crippen molar-refractivity contribution < 1.29 is 4.79 Å². The van der Waals surface area contributed by atoms with Crippen molar-refractivity contribution in [3.8, 4) is 0 Å². The van der Waals surface area contributed by atoms with E-state index in [0.29, 0.717) is 6.42 Å². The van der Waals surface area contributed by atoms with Crippen molar-refractivity contribution in [3.05, 3.63) is 23.3 Å². The Labute approximate surface area is 90.0 Å². The lowest BCUT2D eigenvalue weighted by Crippen LogP contribution is -2.14. The molecule has 3 heteroatoms. The van der Waals surface area contributed by atoms with Gasteiger partial charge in [0.2, 0.25) is 0 Å². The molecular formula is C12H16N2O. The molecule has 80 valence electrons. The van der Waals surface area contributed by atoms with Gasteiger partial charge < -0.3 is 5.32 Å². The summed E-state index contributed by atoms with van der Waals surface area (Å²) in [6, 6.07) is 0. The Morgan fingerprint density at radius 1 is 1.40 bits per heavy atom. The number of carbonyl (C=O) groups is 1. The average Bonchev–Trinajstić information content (AvgIpc) is 2.61. The highest BCUT2D eigenvalue weighted by Gasteiger charge is 2.24. The minimum absolute atomic E-state index is 0.277. The van der Waals surface area contributed by atoms with Gasteiger partial charge in [0.25, 0.3) is 0 Å². The molecule has 0 fully saturated rings. The SMILES string of the molecule is CNCCN=C1CC=C2C(=O)CC=C2C1. The largest absolute Gasteiger partial charge is 0.318 e. The van der Waals surface area contributed by atoms with Crippen LogP contribution in [0.2, 0.25) is 0 Å². The number of nitrogens with one attached hydrogen (secondary N) is 1. The van der Waals surface area contributed by atoms with Crippen LogP contribution in [0.15, 0.2) is 28.3 Å². The monoisotopic (exact) mass is 204 g/mol. The van der Waals surface area contributed by atoms with Crippen molar-refractivity contribution in [1.29, 1.82) is 0 Å². The lowest BCUT2D eigenvalue weighted by Gasteiger charge is -2.13. The van der Waals surface area contributed by atoms with Crippen LogP contribution in [0.4, 0.5) is 0 Å². The van der Waals surface area contributed by atoms with Gasteiger partial charge in [-0.1, -0.05) is 12.2 Å². The third-order valence-corrected chi connectivity index (χ3v) is 2.81. The summed E-state index contributed by atoms with van der Waals surface area (Å²) in [6.45, 7) is 1.74. The molecule has 0 aromatic heterocycles. The van der Waals surface area contributed by atoms with Crippen molar-refractivity contribution in [1.82, 2.24) is 5.32 Å². The third-order valence-electron chi connectivity index (χ3n) is 2.81. The molecule has 15 heavy (non-hydrogen) atoms. The van der Waals surface area contributed by atoms with E-state index in [2.05, 4.69) is 10.3 Å². The molecule has 0 atom stereocenters. The van der Waals surface area contributed by atoms with Crippen molar-refractivity contribution in [2.75, 3.05) is 20.1 Å². The second-order valence-corrected chi connectivity index (χ2v) is 3.91. The fourth-order valence-corrected chi connectivity index (χ4v) is 1.99. The predicted octanol–water partition coefficient (Wildman–Crippen LogP) is 1.27. The van der Waals surface area contributed by atoms with E-state index in [1.165, 1.54) is 11.3 Å². The quantitative estimate of drug-likeness (QED) is 0.703. The second kappa shape index (κ2) is 4.53. The standard InChI is InChI=1S/C12H16N2O/c1-13-6-7-14-10-3-4-11-9(8-10)2-5-12(11)15/h2,4,13H,3,5-8H2,1H3. The Kier molecular flexibility index (Phi) is 3.11. The predicted molar refractivity (Wildman–Crippen MR) is 61.3 cm³/mol. The smallest absolute Gasteiger partial charge is 0.166 e. The van der Waals surface area contributed by atoms with E-state index in [4.69, 9.17) is 0 Å². The van der Waals surface area contributed by atoms with Crippen molar-refractivity contribution in [2.45, 2.75) is 19.3 Å². The normalized spacial score (nSPS) is 22.7. The average molecular weight is 204 g/mol. The van der Waals surface area contributed by atoms with Gasteiger partial charge in [0.1, 0.15) is 0 Å². The van der Waals surface area contributed by atoms with Crippen LogP contribution in [-0.4, -0.2) is 31.6 Å². The molecule has 0 saturated carbocycles. The zero-order valence-electron chi connectivity index (χ0n) is 9.05. The summed E-state index contributed by atoms with van der Waals surface area (Å²) >= 11 is 0. The number of ketones is 1. The maximum Gasteiger partial charge on any atom is 0.166 e. The van der Waals surface area contributed by atoms with Crippen LogP contribution in [0.3, 0.4) is 0 Å². The van der Waals surface area contributed by atoms with Crippen LogP contribution in [0.1, 0.15) is 19.3 Å². The van der Waals surface area contributed by atoms with Gasteiger partial charge in [-0.2, -0.15) is 0 Å². The number of carbonyl (C=O) groups excluding carboxylic acids is 1. The molecule has 0 spiro atoms. The summed E-state index contributed by atoms with van der Waals surface area (Å²) in [5.74, 6) is 0.277. The summed E-state index contributed by atoms with van der Waals surface area (Å²) in [6.07, 6.45) is 6.39. The molecule has 0 aromatic carbocycles. The zero-order valence-corrected chi connectivity index (χ0v) is 9.05. The van der Waals surface area contributed by atoms with Crippen molar-refractivity contribution >= 4 is 11.5 Å². The zero-order chi connectivity index (χ0) is 10.7. The van der Waals surface area contributed by atoms with Crippen LogP contribution in [0, 0.1) is 0 Å². The molecule has 0 amide bonds. The van der Waals surface area contributed by atoms with Crippen molar-refractivity contribution in [2.24, 2.45) is 4.99 Å². The molecule has 0 bridgehead atoms. The van der Waals surface area contributed by atoms with Gasteiger partial charge in [0.05, 0.1) is 6.54 Å². The van der Waals surface area contributed by atoms with E-state index in [9.17, 15) is 4.79 Å². The van der Waals surface area contributed by atoms with E-state index >= 15 is 0 Å². The van der Waals surface area contributed by atoms with Gasteiger partial charge in [-0.25, -0.2) is 0 Å². The molecule has 1 N–H and O–H groups in total. The molecule has 0 radical (unpaired) electrons. The highest BCUT2D eigenvalue weighted by atomic mass is 16.1. The molecule has 0 saturated heterocycles. The van der Waals surface area contributed by atoms with Crippen LogP contribution in [-0.2, 0) is 4.79 Å². The fraction of sp³-hybridized carbons (Fsp3) is 0.500. The number of aliphatic imine (C=N–C) groups is 1. The van der Waals surface area contributed by atoms with Gasteiger partial charge in [-0.3, -0.25) is 9.79 Å². The third kappa shape index (κ3) is 2.23. The van der Waals surface area contributed by atoms with E-state index < -0.39 is 0 Å². The Balaban J connectivity index is 2.02. The summed E-state index contributed by atoms with van der Waals surface area (Å²) in [4.78, 5) is 15.9. The first-order valence-electron chi connectivity index (χ1n) is 5.41. The summed E-state index contributed by atoms with van der Waals surface area (Å²) in [5, 5.41) is 3.07. The van der Waals surface area contributed by atoms with Crippen molar-refractivity contribution in [3.63, 3.8) is 0 Å². The molecule has 3 nitrogen and oxygen atoms in total. The minimum Gasteiger partial charge on any atom is -0.318 e. The number of fused-ring (bicyclic) bond motifs is 1. The first kappa shape index (κ1) is 10.3. The fourth-order valence-electron chi connectivity index (χ4n) is 1.99. The summed E-state index contributed by atoms with van der Waals surface area (Å²) in [5.41, 5.74) is 3.34. The maximum absolute atomic E-state index is 11.4. The maximum atomic E-state index is 11.4. The Morgan fingerprint density at radius 3 is 3.07 bits per heavy atom. The van der Waals surface area contributed by atoms with Gasteiger partial charge in [0, 0.05) is 37.1 Å². The molecule has 0 unspecified atom stereocenters. The Hall–Kier alpha value is -1.22. The van der Waals surface area contributed by atoms with E-state index in [1.807, 2.05) is 19.2 Å². The van der Waals surface area contributed by atoms with Crippen LogP contribution in [0.25, 0.3) is 0 Å². The number of likely N-dealkylation sites (N-methyl/N-ethyl adjacent to an activating group) is 1. The van der Waals surface area contributed by atoms with Gasteiger partial charge in [-0.15, -0.1) is 0 Å². The lowest BCUT2D eigenvalue weighted by atomic mass is 9.94. The highest BCUT2D eigenvalue weighted by Crippen LogP contribution is 2.29. The van der Waals surface area contributed by atoms with Crippen LogP contribution < -0.4 is 5.32 Å². The summed E-state index contributed by atoms with van der Waals surface area (Å²) in [7, 11) is 1.93. The Morgan fingerprint density at radius 2 is 2.27 bits per heavy atom. The lowest BCUT2D eigenvalue weighted by molar-refractivity contribution is -0.114. The summed E-state index contributed by atoms with van der Waals surface area (Å²) < 4.78 is 0. The Bertz CT molecular complexity index is 364. The number of hydrogen-bond acceptors (Lipinski definition) is 3. The molecule has 0 aromatic rings. The van der Waals surface area contributed by atoms with E-state index in [-0.39, 0.29) is 5.78 Å². The van der Waals surface area contributed by atoms with Gasteiger partial charge in [-0.05, 0) is 12.6 Å². The van der Waals surface area contributed by atoms with Gasteiger partial charge >= 0.3 is 0 Å². The van der Waals surface area contributed by atoms with Crippen LogP contribution >= 0.6 is 0 Å². The van der Waals surface area contributed by atoms with E-state index in [1.54, 1.807) is 0 Å². The molecule has 0 aliphatic heterocycles. The number of Topliss-reactive ketones (excluding diaryl/α,β-unsaturated/α-hetero) is 1. The molecule has 0 heterocycles. The first-order chi connectivity index (χ1) is 7.31. The second-order valence-electron chi connectivity index (χ2n) is 3.91. The highest BCUT2D eigenvalue weighted by molar-refractivity contribution is 6.08. The molecular weight excluding hydrogens is 188 g/mol. The number of rotatable bonds is 3.